The molecule has 3 rings (SSSR count). The van der Waals surface area contributed by atoms with Gasteiger partial charge >= 0.3 is 5.97 Å². The van der Waals surface area contributed by atoms with E-state index in [9.17, 15) is 9.90 Å². The number of hydrogen-bond donors (Lipinski definition) is 1. The fourth-order valence-electron chi connectivity index (χ4n) is 3.60. The maximum atomic E-state index is 11.5. The molecule has 1 N–H and O–H groups in total. The second kappa shape index (κ2) is 5.21. The average molecular weight is 273 g/mol. The zero-order valence-electron chi connectivity index (χ0n) is 12.2. The van der Waals surface area contributed by atoms with Crippen molar-refractivity contribution in [3.05, 3.63) is 35.4 Å². The third kappa shape index (κ3) is 2.35. The van der Waals surface area contributed by atoms with Crippen LogP contribution in [0.15, 0.2) is 24.3 Å². The average Bonchev–Trinajstić information content (AvgIpc) is 2.35. The van der Waals surface area contributed by atoms with Crippen molar-refractivity contribution in [3.63, 3.8) is 0 Å². The maximum Gasteiger partial charge on any atom is 0.312 e. The summed E-state index contributed by atoms with van der Waals surface area (Å²) in [5.74, 6) is 0.513. The lowest BCUT2D eigenvalue weighted by Crippen LogP contribution is -2.49. The van der Waals surface area contributed by atoms with Crippen LogP contribution in [0.4, 0.5) is 0 Å². The lowest BCUT2D eigenvalue weighted by molar-refractivity contribution is -0.140. The predicted octanol–water partition coefficient (Wildman–Crippen LogP) is 3.11. The van der Waals surface area contributed by atoms with E-state index in [1.165, 1.54) is 18.4 Å². The topological polar surface area (TPSA) is 40.5 Å². The summed E-state index contributed by atoms with van der Waals surface area (Å²) in [5, 5.41) is 9.49. The molecule has 0 aromatic heterocycles. The molecule has 1 fully saturated rings. The first-order valence-electron chi connectivity index (χ1n) is 7.61. The summed E-state index contributed by atoms with van der Waals surface area (Å²) in [4.78, 5) is 13.9. The summed E-state index contributed by atoms with van der Waals surface area (Å²) in [6, 6.07) is 8.60. The molecule has 1 saturated carbocycles. The highest BCUT2D eigenvalue weighted by Crippen LogP contribution is 2.40. The molecule has 0 saturated heterocycles. The number of carboxylic acid groups (broad SMARTS) is 1. The fraction of sp³-hybridized carbons (Fsp3) is 0.588. The highest BCUT2D eigenvalue weighted by Gasteiger charge is 2.39. The van der Waals surface area contributed by atoms with Gasteiger partial charge in [-0.15, -0.1) is 0 Å². The van der Waals surface area contributed by atoms with E-state index in [0.29, 0.717) is 12.6 Å². The molecule has 1 aliphatic carbocycles. The number of carbonyl (C=O) groups is 1. The number of rotatable bonds is 3. The summed E-state index contributed by atoms with van der Waals surface area (Å²) >= 11 is 0. The van der Waals surface area contributed by atoms with Crippen molar-refractivity contribution in [2.45, 2.75) is 45.2 Å². The van der Waals surface area contributed by atoms with Gasteiger partial charge in [0.1, 0.15) is 0 Å². The smallest absolute Gasteiger partial charge is 0.312 e. The van der Waals surface area contributed by atoms with Crippen molar-refractivity contribution in [3.8, 4) is 0 Å². The molecule has 0 amide bonds. The van der Waals surface area contributed by atoms with Crippen molar-refractivity contribution in [2.75, 3.05) is 6.54 Å². The molecule has 1 unspecified atom stereocenters. The fourth-order valence-corrected chi connectivity index (χ4v) is 3.60. The minimum atomic E-state index is -0.693. The normalized spacial score (nSPS) is 29.9. The molecule has 1 aromatic carbocycles. The highest BCUT2D eigenvalue weighted by atomic mass is 16.4. The monoisotopic (exact) mass is 273 g/mol. The Morgan fingerprint density at radius 1 is 1.30 bits per heavy atom. The van der Waals surface area contributed by atoms with Gasteiger partial charge in [-0.3, -0.25) is 9.69 Å². The second-order valence-corrected chi connectivity index (χ2v) is 6.65. The number of hydrogen-bond acceptors (Lipinski definition) is 2. The van der Waals surface area contributed by atoms with Crippen molar-refractivity contribution < 1.29 is 9.90 Å². The predicted molar refractivity (Wildman–Crippen MR) is 78.6 cm³/mol. The molecule has 1 aromatic rings. The molecular weight excluding hydrogens is 250 g/mol. The van der Waals surface area contributed by atoms with E-state index in [-0.39, 0.29) is 5.92 Å². The van der Waals surface area contributed by atoms with Gasteiger partial charge in [0.05, 0.1) is 5.92 Å². The largest absolute Gasteiger partial charge is 0.481 e. The number of benzene rings is 1. The van der Waals surface area contributed by atoms with E-state index in [2.05, 4.69) is 24.8 Å². The summed E-state index contributed by atoms with van der Waals surface area (Å²) in [7, 11) is 0. The van der Waals surface area contributed by atoms with E-state index in [0.717, 1.165) is 23.9 Å². The number of fused-ring (bicyclic) bond motifs is 1. The Kier molecular flexibility index (Phi) is 3.55. The first-order chi connectivity index (χ1) is 9.56. The van der Waals surface area contributed by atoms with Gasteiger partial charge < -0.3 is 5.11 Å². The van der Waals surface area contributed by atoms with E-state index in [1.54, 1.807) is 0 Å². The van der Waals surface area contributed by atoms with Gasteiger partial charge in [-0.2, -0.15) is 0 Å². The van der Waals surface area contributed by atoms with Crippen LogP contribution in [-0.2, 0) is 11.3 Å². The molecule has 0 bridgehead atoms. The number of carboxylic acids is 1. The lowest BCUT2D eigenvalue weighted by atomic mass is 9.72. The SMILES string of the molecule is CC(C)C1CC(N2Cc3ccccc3C(C(=O)O)C2)C1. The molecule has 20 heavy (non-hydrogen) atoms. The van der Waals surface area contributed by atoms with Crippen LogP contribution in [0.25, 0.3) is 0 Å². The van der Waals surface area contributed by atoms with Crippen molar-refractivity contribution in [2.24, 2.45) is 11.8 Å². The van der Waals surface area contributed by atoms with Crippen LogP contribution in [0.5, 0.6) is 0 Å². The van der Waals surface area contributed by atoms with Gasteiger partial charge in [0.25, 0.3) is 0 Å². The Balaban J connectivity index is 1.76. The van der Waals surface area contributed by atoms with Crippen molar-refractivity contribution in [1.82, 2.24) is 4.90 Å². The van der Waals surface area contributed by atoms with Gasteiger partial charge in [-0.25, -0.2) is 0 Å². The highest BCUT2D eigenvalue weighted by molar-refractivity contribution is 5.77. The van der Waals surface area contributed by atoms with E-state index in [1.807, 2.05) is 18.2 Å². The minimum absolute atomic E-state index is 0.363. The Morgan fingerprint density at radius 3 is 2.65 bits per heavy atom. The van der Waals surface area contributed by atoms with Gasteiger partial charge in [0.15, 0.2) is 0 Å². The molecule has 1 heterocycles. The first kappa shape index (κ1) is 13.6. The van der Waals surface area contributed by atoms with Crippen molar-refractivity contribution >= 4 is 5.97 Å². The quantitative estimate of drug-likeness (QED) is 0.920. The third-order valence-electron chi connectivity index (χ3n) is 5.13. The molecule has 2 aliphatic rings. The Labute approximate surface area is 120 Å². The second-order valence-electron chi connectivity index (χ2n) is 6.65. The van der Waals surface area contributed by atoms with Crippen LogP contribution in [0.2, 0.25) is 0 Å². The maximum absolute atomic E-state index is 11.5. The van der Waals surface area contributed by atoms with Gasteiger partial charge in [-0.1, -0.05) is 38.1 Å². The summed E-state index contributed by atoms with van der Waals surface area (Å²) < 4.78 is 0. The van der Waals surface area contributed by atoms with Crippen LogP contribution in [-0.4, -0.2) is 28.6 Å². The van der Waals surface area contributed by atoms with Gasteiger partial charge in [-0.05, 0) is 35.8 Å². The van der Waals surface area contributed by atoms with Crippen LogP contribution >= 0.6 is 0 Å². The molecule has 1 atom stereocenters. The summed E-state index contributed by atoms with van der Waals surface area (Å²) in [6.45, 7) is 6.15. The van der Waals surface area contributed by atoms with E-state index in [4.69, 9.17) is 0 Å². The van der Waals surface area contributed by atoms with Gasteiger partial charge in [0, 0.05) is 19.1 Å². The molecule has 3 heteroatoms. The van der Waals surface area contributed by atoms with Crippen LogP contribution in [0.3, 0.4) is 0 Å². The standard InChI is InChI=1S/C17H23NO2/c1-11(2)13-7-14(8-13)18-9-12-5-3-4-6-15(12)16(10-18)17(19)20/h3-6,11,13-14,16H,7-10H2,1-2H3,(H,19,20). The number of aliphatic carboxylic acids is 1. The lowest BCUT2D eigenvalue weighted by Gasteiger charge is -2.47. The van der Waals surface area contributed by atoms with E-state index >= 15 is 0 Å². The van der Waals surface area contributed by atoms with Crippen LogP contribution < -0.4 is 0 Å². The Hall–Kier alpha value is -1.35. The van der Waals surface area contributed by atoms with Crippen LogP contribution in [0.1, 0.15) is 43.7 Å². The zero-order valence-corrected chi connectivity index (χ0v) is 12.2. The van der Waals surface area contributed by atoms with Crippen molar-refractivity contribution in [1.29, 1.82) is 0 Å². The van der Waals surface area contributed by atoms with E-state index < -0.39 is 5.97 Å². The number of nitrogens with zero attached hydrogens (tertiary/aromatic N) is 1. The summed E-state index contributed by atoms with van der Waals surface area (Å²) in [5.41, 5.74) is 2.20. The summed E-state index contributed by atoms with van der Waals surface area (Å²) in [6.07, 6.45) is 2.46. The molecule has 3 nitrogen and oxygen atoms in total. The Morgan fingerprint density at radius 2 is 2.00 bits per heavy atom. The molecule has 108 valence electrons. The van der Waals surface area contributed by atoms with Gasteiger partial charge in [0.2, 0.25) is 0 Å². The molecule has 0 spiro atoms. The third-order valence-corrected chi connectivity index (χ3v) is 5.13. The van der Waals surface area contributed by atoms with Crippen LogP contribution in [0, 0.1) is 11.8 Å². The molecular formula is C17H23NO2. The molecule has 1 aliphatic heterocycles. The Bertz CT molecular complexity index is 505. The molecule has 0 radical (unpaired) electrons. The minimum Gasteiger partial charge on any atom is -0.481 e. The first-order valence-corrected chi connectivity index (χ1v) is 7.61. The zero-order chi connectivity index (χ0) is 14.3.